The lowest BCUT2D eigenvalue weighted by atomic mass is 10.3. The maximum Gasteiger partial charge on any atom is 0.157 e. The molecule has 0 aliphatic carbocycles. The summed E-state index contributed by atoms with van der Waals surface area (Å²) in [6.45, 7) is 0. The molecule has 1 aromatic rings. The molecule has 0 saturated carbocycles. The molecule has 0 spiro atoms. The van der Waals surface area contributed by atoms with E-state index in [1.807, 2.05) is 0 Å². The zero-order valence-corrected chi connectivity index (χ0v) is 5.20. The van der Waals surface area contributed by atoms with E-state index in [-0.39, 0.29) is 11.7 Å². The zero-order chi connectivity index (χ0) is 7.56. The Kier molecular flexibility index (Phi) is 1.49. The number of rotatable bonds is 1. The molecule has 0 aromatic carbocycles. The van der Waals surface area contributed by atoms with Gasteiger partial charge in [-0.25, -0.2) is 0 Å². The Hall–Kier alpha value is -1.65. The molecule has 52 valence electrons. The lowest BCUT2D eigenvalue weighted by Gasteiger charge is -1.97. The maximum absolute atomic E-state index is 7.01. The van der Waals surface area contributed by atoms with Crippen LogP contribution in [0, 0.1) is 5.41 Å². The first-order chi connectivity index (χ1) is 4.72. The van der Waals surface area contributed by atoms with Gasteiger partial charge in [-0.15, -0.1) is 5.10 Å². The Bertz CT molecular complexity index is 256. The van der Waals surface area contributed by atoms with Crippen LogP contribution in [0.15, 0.2) is 12.3 Å². The molecule has 0 atom stereocenters. The smallest absolute Gasteiger partial charge is 0.157 e. The minimum absolute atomic E-state index is 0.0904. The summed E-state index contributed by atoms with van der Waals surface area (Å²) in [5.74, 6) is 0.0994. The monoisotopic (exact) mass is 137 g/mol. The van der Waals surface area contributed by atoms with Crippen LogP contribution in [-0.2, 0) is 0 Å². The van der Waals surface area contributed by atoms with E-state index in [9.17, 15) is 0 Å². The first-order valence-electron chi connectivity index (χ1n) is 2.63. The summed E-state index contributed by atoms with van der Waals surface area (Å²) < 4.78 is 0. The zero-order valence-electron chi connectivity index (χ0n) is 5.20. The molecule has 0 aliphatic rings. The SMILES string of the molecule is N=C(N)c1ccnnc1N. The topological polar surface area (TPSA) is 102 Å². The van der Waals surface area contributed by atoms with Crippen LogP contribution in [0.5, 0.6) is 0 Å². The van der Waals surface area contributed by atoms with Gasteiger partial charge in [-0.05, 0) is 6.07 Å². The number of nitrogens with two attached hydrogens (primary N) is 2. The maximum atomic E-state index is 7.01. The van der Waals surface area contributed by atoms with Crippen molar-refractivity contribution in [1.29, 1.82) is 5.41 Å². The molecule has 5 heteroatoms. The average Bonchev–Trinajstić information content (AvgIpc) is 1.88. The van der Waals surface area contributed by atoms with Gasteiger partial charge in [-0.2, -0.15) is 5.10 Å². The van der Waals surface area contributed by atoms with Gasteiger partial charge in [-0.1, -0.05) is 0 Å². The predicted octanol–water partition coefficient (Wildman–Crippen LogP) is -0.657. The van der Waals surface area contributed by atoms with Gasteiger partial charge in [0.2, 0.25) is 0 Å². The third kappa shape index (κ3) is 1.02. The number of nitrogens with one attached hydrogen (secondary N) is 1. The Morgan fingerprint density at radius 3 is 2.70 bits per heavy atom. The molecule has 5 N–H and O–H groups in total. The molecule has 1 heterocycles. The molecule has 0 bridgehead atoms. The second-order valence-electron chi connectivity index (χ2n) is 1.74. The molecular formula is C5H7N5. The van der Waals surface area contributed by atoms with Gasteiger partial charge in [-0.3, -0.25) is 5.41 Å². The van der Waals surface area contributed by atoms with E-state index in [0.29, 0.717) is 5.56 Å². The highest BCUT2D eigenvalue weighted by molar-refractivity contribution is 5.98. The first-order valence-corrected chi connectivity index (χ1v) is 2.63. The number of nitrogens with zero attached hydrogens (tertiary/aromatic N) is 2. The van der Waals surface area contributed by atoms with E-state index in [0.717, 1.165) is 0 Å². The van der Waals surface area contributed by atoms with Gasteiger partial charge in [0.15, 0.2) is 5.82 Å². The first kappa shape index (κ1) is 6.47. The van der Waals surface area contributed by atoms with E-state index in [4.69, 9.17) is 16.9 Å². The normalized spacial score (nSPS) is 9.20. The van der Waals surface area contributed by atoms with Gasteiger partial charge in [0, 0.05) is 0 Å². The van der Waals surface area contributed by atoms with Crippen LogP contribution in [0.25, 0.3) is 0 Å². The molecule has 1 aromatic heterocycles. The van der Waals surface area contributed by atoms with E-state index in [1.165, 1.54) is 6.20 Å². The van der Waals surface area contributed by atoms with Crippen LogP contribution in [0.4, 0.5) is 5.82 Å². The number of hydrogen-bond donors (Lipinski definition) is 3. The Balaban J connectivity index is 3.15. The highest BCUT2D eigenvalue weighted by Gasteiger charge is 2.00. The van der Waals surface area contributed by atoms with Crippen LogP contribution in [0.2, 0.25) is 0 Å². The third-order valence-corrected chi connectivity index (χ3v) is 1.04. The van der Waals surface area contributed by atoms with Gasteiger partial charge >= 0.3 is 0 Å². The second-order valence-corrected chi connectivity index (χ2v) is 1.74. The number of aromatic nitrogens is 2. The number of hydrogen-bond acceptors (Lipinski definition) is 4. The number of amidine groups is 1. The molecule has 0 fully saturated rings. The highest BCUT2D eigenvalue weighted by atomic mass is 15.1. The largest absolute Gasteiger partial charge is 0.384 e. The van der Waals surface area contributed by atoms with Gasteiger partial charge in [0.05, 0.1) is 11.8 Å². The van der Waals surface area contributed by atoms with Crippen LogP contribution < -0.4 is 11.5 Å². The summed E-state index contributed by atoms with van der Waals surface area (Å²) in [5, 5.41) is 14.0. The van der Waals surface area contributed by atoms with Crippen molar-refractivity contribution in [3.05, 3.63) is 17.8 Å². The average molecular weight is 137 g/mol. The van der Waals surface area contributed by atoms with E-state index < -0.39 is 0 Å². The standard InChI is InChI=1S/C5H7N5/c6-4(7)3-1-2-9-10-5(3)8/h1-2H,(H3,6,7)(H2,8,10). The lowest BCUT2D eigenvalue weighted by molar-refractivity contribution is 1.04. The van der Waals surface area contributed by atoms with Crippen LogP contribution >= 0.6 is 0 Å². The van der Waals surface area contributed by atoms with Crippen molar-refractivity contribution in [2.24, 2.45) is 5.73 Å². The highest BCUT2D eigenvalue weighted by Crippen LogP contribution is 2.02. The lowest BCUT2D eigenvalue weighted by Crippen LogP contribution is -2.14. The Morgan fingerprint density at radius 1 is 1.60 bits per heavy atom. The van der Waals surface area contributed by atoms with Gasteiger partial charge in [0.25, 0.3) is 0 Å². The summed E-state index contributed by atoms with van der Waals surface area (Å²) in [4.78, 5) is 0. The molecule has 10 heavy (non-hydrogen) atoms. The van der Waals surface area contributed by atoms with E-state index in [1.54, 1.807) is 6.07 Å². The molecule has 0 aliphatic heterocycles. The summed E-state index contributed by atoms with van der Waals surface area (Å²) >= 11 is 0. The van der Waals surface area contributed by atoms with Gasteiger partial charge in [0.1, 0.15) is 5.84 Å². The second kappa shape index (κ2) is 2.30. The van der Waals surface area contributed by atoms with Crippen LogP contribution in [0.1, 0.15) is 5.56 Å². The Morgan fingerprint density at radius 2 is 2.30 bits per heavy atom. The molecule has 0 unspecified atom stereocenters. The van der Waals surface area contributed by atoms with Crippen LogP contribution in [0.3, 0.4) is 0 Å². The molecule has 5 nitrogen and oxygen atoms in total. The molecular weight excluding hydrogens is 130 g/mol. The van der Waals surface area contributed by atoms with Crippen molar-refractivity contribution >= 4 is 11.7 Å². The van der Waals surface area contributed by atoms with Crippen molar-refractivity contribution in [3.8, 4) is 0 Å². The number of nitrogen functional groups attached to an aromatic ring is 2. The number of anilines is 1. The summed E-state index contributed by atoms with van der Waals surface area (Å²) in [5.41, 5.74) is 10.9. The third-order valence-electron chi connectivity index (χ3n) is 1.04. The molecule has 0 amide bonds. The van der Waals surface area contributed by atoms with Gasteiger partial charge < -0.3 is 11.5 Å². The Labute approximate surface area is 57.6 Å². The van der Waals surface area contributed by atoms with Crippen molar-refractivity contribution in [2.75, 3.05) is 5.73 Å². The van der Waals surface area contributed by atoms with Crippen molar-refractivity contribution in [1.82, 2.24) is 10.2 Å². The summed E-state index contributed by atoms with van der Waals surface area (Å²) in [6.07, 6.45) is 1.44. The fourth-order valence-electron chi connectivity index (χ4n) is 0.570. The predicted molar refractivity (Wildman–Crippen MR) is 37.5 cm³/mol. The fraction of sp³-hybridized carbons (Fsp3) is 0. The van der Waals surface area contributed by atoms with Crippen molar-refractivity contribution < 1.29 is 0 Å². The fourth-order valence-corrected chi connectivity index (χ4v) is 0.570. The molecule has 1 rings (SSSR count). The molecule has 0 saturated heterocycles. The molecule has 0 radical (unpaired) electrons. The summed E-state index contributed by atoms with van der Waals surface area (Å²) in [7, 11) is 0. The van der Waals surface area contributed by atoms with Crippen molar-refractivity contribution in [2.45, 2.75) is 0 Å². The minimum atomic E-state index is -0.0904. The summed E-state index contributed by atoms with van der Waals surface area (Å²) in [6, 6.07) is 1.55. The van der Waals surface area contributed by atoms with E-state index in [2.05, 4.69) is 10.2 Å². The van der Waals surface area contributed by atoms with Crippen LogP contribution in [-0.4, -0.2) is 16.0 Å². The minimum Gasteiger partial charge on any atom is -0.384 e. The van der Waals surface area contributed by atoms with E-state index >= 15 is 0 Å². The quantitative estimate of drug-likeness (QED) is 0.353. The van der Waals surface area contributed by atoms with Crippen molar-refractivity contribution in [3.63, 3.8) is 0 Å².